The van der Waals surface area contributed by atoms with Crippen LogP contribution in [0.5, 0.6) is 0 Å². The third-order valence-electron chi connectivity index (χ3n) is 2.37. The van der Waals surface area contributed by atoms with Gasteiger partial charge < -0.3 is 21.1 Å². The Morgan fingerprint density at radius 1 is 1.17 bits per heavy atom. The molecule has 0 aromatic rings. The van der Waals surface area contributed by atoms with E-state index >= 15 is 0 Å². The van der Waals surface area contributed by atoms with Gasteiger partial charge in [0.2, 0.25) is 11.8 Å². The standard InChI is InChI=1S/C12H25N3O3/c1-10(13)4-3-5-11(16)14-7-6-12(17)15-8-9-18-2/h10H,3-9,13H2,1-2H3,(H,14,16)(H,15,17). The van der Waals surface area contributed by atoms with Gasteiger partial charge in [-0.2, -0.15) is 0 Å². The summed E-state index contributed by atoms with van der Waals surface area (Å²) in [5.41, 5.74) is 5.58. The van der Waals surface area contributed by atoms with Gasteiger partial charge in [0.05, 0.1) is 6.61 Å². The van der Waals surface area contributed by atoms with E-state index in [4.69, 9.17) is 10.5 Å². The van der Waals surface area contributed by atoms with Gasteiger partial charge in [-0.15, -0.1) is 0 Å². The first-order chi connectivity index (χ1) is 8.56. The highest BCUT2D eigenvalue weighted by Gasteiger charge is 2.04. The Morgan fingerprint density at radius 2 is 1.78 bits per heavy atom. The first-order valence-electron chi connectivity index (χ1n) is 6.34. The van der Waals surface area contributed by atoms with E-state index in [1.807, 2.05) is 6.92 Å². The van der Waals surface area contributed by atoms with Crippen LogP contribution in [-0.2, 0) is 14.3 Å². The van der Waals surface area contributed by atoms with E-state index < -0.39 is 0 Å². The number of nitrogens with one attached hydrogen (secondary N) is 2. The van der Waals surface area contributed by atoms with E-state index in [-0.39, 0.29) is 17.9 Å². The van der Waals surface area contributed by atoms with Gasteiger partial charge >= 0.3 is 0 Å². The Hall–Kier alpha value is -1.14. The zero-order valence-electron chi connectivity index (χ0n) is 11.3. The molecule has 0 spiro atoms. The van der Waals surface area contributed by atoms with Crippen molar-refractivity contribution < 1.29 is 14.3 Å². The first-order valence-corrected chi connectivity index (χ1v) is 6.34. The minimum atomic E-state index is -0.0806. The molecule has 0 aromatic heterocycles. The van der Waals surface area contributed by atoms with Crippen molar-refractivity contribution in [2.45, 2.75) is 38.6 Å². The molecule has 0 rings (SSSR count). The van der Waals surface area contributed by atoms with Gasteiger partial charge in [0.25, 0.3) is 0 Å². The topological polar surface area (TPSA) is 93.5 Å². The Kier molecular flexibility index (Phi) is 10.3. The number of carbonyl (C=O) groups is 2. The second-order valence-corrected chi connectivity index (χ2v) is 4.31. The fraction of sp³-hybridized carbons (Fsp3) is 0.833. The summed E-state index contributed by atoms with van der Waals surface area (Å²) < 4.78 is 4.80. The molecule has 0 radical (unpaired) electrons. The Labute approximate surface area is 109 Å². The van der Waals surface area contributed by atoms with Gasteiger partial charge in [0.15, 0.2) is 0 Å². The highest BCUT2D eigenvalue weighted by atomic mass is 16.5. The lowest BCUT2D eigenvalue weighted by Gasteiger charge is -2.07. The number of hydrogen-bond acceptors (Lipinski definition) is 4. The zero-order chi connectivity index (χ0) is 13.8. The predicted molar refractivity (Wildman–Crippen MR) is 70.0 cm³/mol. The van der Waals surface area contributed by atoms with E-state index in [0.29, 0.717) is 32.5 Å². The van der Waals surface area contributed by atoms with Crippen LogP contribution in [0.3, 0.4) is 0 Å². The fourth-order valence-electron chi connectivity index (χ4n) is 1.37. The van der Waals surface area contributed by atoms with Crippen molar-refractivity contribution in [2.24, 2.45) is 5.73 Å². The lowest BCUT2D eigenvalue weighted by molar-refractivity contribution is -0.122. The molecule has 4 N–H and O–H groups in total. The number of hydrogen-bond donors (Lipinski definition) is 3. The maximum atomic E-state index is 11.4. The summed E-state index contributed by atoms with van der Waals surface area (Å²) in [6.07, 6.45) is 2.38. The van der Waals surface area contributed by atoms with Gasteiger partial charge in [0, 0.05) is 39.1 Å². The van der Waals surface area contributed by atoms with Crippen molar-refractivity contribution >= 4 is 11.8 Å². The molecular formula is C12H25N3O3. The molecule has 0 saturated heterocycles. The van der Waals surface area contributed by atoms with Crippen LogP contribution >= 0.6 is 0 Å². The van der Waals surface area contributed by atoms with Gasteiger partial charge in [-0.25, -0.2) is 0 Å². The normalized spacial score (nSPS) is 11.9. The molecule has 6 heteroatoms. The van der Waals surface area contributed by atoms with Crippen molar-refractivity contribution in [1.82, 2.24) is 10.6 Å². The number of rotatable bonds is 10. The quantitative estimate of drug-likeness (QED) is 0.473. The van der Waals surface area contributed by atoms with Crippen LogP contribution in [0.1, 0.15) is 32.6 Å². The summed E-state index contributed by atoms with van der Waals surface area (Å²) in [5.74, 6) is -0.108. The number of carbonyl (C=O) groups excluding carboxylic acids is 2. The fourth-order valence-corrected chi connectivity index (χ4v) is 1.37. The molecule has 0 aliphatic rings. The highest BCUT2D eigenvalue weighted by Crippen LogP contribution is 1.97. The van der Waals surface area contributed by atoms with Crippen LogP contribution in [0.2, 0.25) is 0 Å². The van der Waals surface area contributed by atoms with Crippen LogP contribution in [-0.4, -0.2) is 44.7 Å². The Bertz CT molecular complexity index is 245. The number of amides is 2. The molecule has 0 aliphatic heterocycles. The van der Waals surface area contributed by atoms with Crippen molar-refractivity contribution in [2.75, 3.05) is 26.8 Å². The minimum Gasteiger partial charge on any atom is -0.383 e. The average molecular weight is 259 g/mol. The summed E-state index contributed by atoms with van der Waals surface area (Å²) in [5, 5.41) is 5.39. The number of nitrogens with two attached hydrogens (primary N) is 1. The summed E-state index contributed by atoms with van der Waals surface area (Å²) in [6, 6.07) is 0.129. The van der Waals surface area contributed by atoms with Crippen molar-refractivity contribution in [3.63, 3.8) is 0 Å². The molecule has 2 amide bonds. The van der Waals surface area contributed by atoms with E-state index in [2.05, 4.69) is 10.6 Å². The predicted octanol–water partition coefficient (Wildman–Crippen LogP) is -0.227. The molecule has 18 heavy (non-hydrogen) atoms. The first kappa shape index (κ1) is 16.9. The van der Waals surface area contributed by atoms with Gasteiger partial charge in [-0.05, 0) is 19.8 Å². The van der Waals surface area contributed by atoms with Gasteiger partial charge in [-0.3, -0.25) is 9.59 Å². The minimum absolute atomic E-state index is 0.0275. The van der Waals surface area contributed by atoms with Crippen LogP contribution < -0.4 is 16.4 Å². The van der Waals surface area contributed by atoms with E-state index in [1.54, 1.807) is 7.11 Å². The van der Waals surface area contributed by atoms with E-state index in [0.717, 1.165) is 12.8 Å². The molecule has 6 nitrogen and oxygen atoms in total. The molecule has 1 unspecified atom stereocenters. The van der Waals surface area contributed by atoms with Crippen molar-refractivity contribution in [3.05, 3.63) is 0 Å². The molecule has 106 valence electrons. The van der Waals surface area contributed by atoms with E-state index in [9.17, 15) is 9.59 Å². The second-order valence-electron chi connectivity index (χ2n) is 4.31. The zero-order valence-corrected chi connectivity index (χ0v) is 11.3. The van der Waals surface area contributed by atoms with Crippen LogP contribution in [0.25, 0.3) is 0 Å². The number of methoxy groups -OCH3 is 1. The third-order valence-corrected chi connectivity index (χ3v) is 2.37. The summed E-state index contributed by atoms with van der Waals surface area (Å²) in [7, 11) is 1.58. The highest BCUT2D eigenvalue weighted by molar-refractivity contribution is 5.78. The molecule has 0 bridgehead atoms. The molecule has 1 atom stereocenters. The van der Waals surface area contributed by atoms with Crippen molar-refractivity contribution in [3.8, 4) is 0 Å². The van der Waals surface area contributed by atoms with Crippen LogP contribution in [0.15, 0.2) is 0 Å². The molecule has 0 aromatic carbocycles. The second kappa shape index (κ2) is 11.0. The lowest BCUT2D eigenvalue weighted by atomic mass is 10.1. The Balaban J connectivity index is 3.41. The maximum Gasteiger partial charge on any atom is 0.221 e. The summed E-state index contributed by atoms with van der Waals surface area (Å²) in [6.45, 7) is 3.28. The number of ether oxygens (including phenoxy) is 1. The van der Waals surface area contributed by atoms with Crippen LogP contribution in [0.4, 0.5) is 0 Å². The molecule has 0 fully saturated rings. The Morgan fingerprint density at radius 3 is 2.39 bits per heavy atom. The van der Waals surface area contributed by atoms with Gasteiger partial charge in [-0.1, -0.05) is 0 Å². The largest absolute Gasteiger partial charge is 0.383 e. The third kappa shape index (κ3) is 11.3. The summed E-state index contributed by atoms with van der Waals surface area (Å²) in [4.78, 5) is 22.6. The summed E-state index contributed by atoms with van der Waals surface area (Å²) >= 11 is 0. The monoisotopic (exact) mass is 259 g/mol. The lowest BCUT2D eigenvalue weighted by Crippen LogP contribution is -2.32. The van der Waals surface area contributed by atoms with Crippen molar-refractivity contribution in [1.29, 1.82) is 0 Å². The van der Waals surface area contributed by atoms with E-state index in [1.165, 1.54) is 0 Å². The SMILES string of the molecule is COCCNC(=O)CCNC(=O)CCCC(C)N. The average Bonchev–Trinajstić information content (AvgIpc) is 2.29. The molecule has 0 aliphatic carbocycles. The van der Waals surface area contributed by atoms with Crippen LogP contribution in [0, 0.1) is 0 Å². The smallest absolute Gasteiger partial charge is 0.221 e. The molecule has 0 saturated carbocycles. The molecular weight excluding hydrogens is 234 g/mol. The van der Waals surface area contributed by atoms with Gasteiger partial charge in [0.1, 0.15) is 0 Å². The maximum absolute atomic E-state index is 11.4. The molecule has 0 heterocycles.